The van der Waals surface area contributed by atoms with Crippen LogP contribution in [-0.4, -0.2) is 32.1 Å². The molecule has 0 saturated carbocycles. The Morgan fingerprint density at radius 3 is 2.61 bits per heavy atom. The van der Waals surface area contributed by atoms with Gasteiger partial charge in [0.05, 0.1) is 15.8 Å². The second-order valence-corrected chi connectivity index (χ2v) is 9.02. The molecule has 2 N–H and O–H groups in total. The molecule has 3 rings (SSSR count). The molecule has 8 heteroatoms. The SMILES string of the molecule is CCc1ccc(NC(=O)C[C@H](C)S(=O)(=O)c2ccc3c(c2)NC(=O)CO3)cc1. The molecule has 0 bridgehead atoms. The lowest BCUT2D eigenvalue weighted by Gasteiger charge is -2.19. The second-order valence-electron chi connectivity index (χ2n) is 6.65. The van der Waals surface area contributed by atoms with Gasteiger partial charge in [0.25, 0.3) is 5.91 Å². The van der Waals surface area contributed by atoms with E-state index in [-0.39, 0.29) is 29.7 Å². The lowest BCUT2D eigenvalue weighted by atomic mass is 10.1. The third-order valence-electron chi connectivity index (χ3n) is 4.56. The Kier molecular flexibility index (Phi) is 5.69. The Labute approximate surface area is 164 Å². The Morgan fingerprint density at radius 1 is 1.21 bits per heavy atom. The Balaban J connectivity index is 1.70. The molecular weight excluding hydrogens is 380 g/mol. The maximum atomic E-state index is 12.8. The lowest BCUT2D eigenvalue weighted by Crippen LogP contribution is -2.27. The van der Waals surface area contributed by atoms with Crippen molar-refractivity contribution in [1.82, 2.24) is 0 Å². The third-order valence-corrected chi connectivity index (χ3v) is 6.70. The van der Waals surface area contributed by atoms with E-state index >= 15 is 0 Å². The van der Waals surface area contributed by atoms with Gasteiger partial charge in [-0.15, -0.1) is 0 Å². The molecule has 7 nitrogen and oxygen atoms in total. The minimum absolute atomic E-state index is 0.0321. The summed E-state index contributed by atoms with van der Waals surface area (Å²) in [4.78, 5) is 23.8. The molecule has 1 aliphatic heterocycles. The summed E-state index contributed by atoms with van der Waals surface area (Å²) < 4.78 is 30.9. The van der Waals surface area contributed by atoms with Crippen LogP contribution in [0.1, 0.15) is 25.8 Å². The number of fused-ring (bicyclic) bond motifs is 1. The second kappa shape index (κ2) is 8.02. The van der Waals surface area contributed by atoms with E-state index in [0.717, 1.165) is 12.0 Å². The van der Waals surface area contributed by atoms with Crippen molar-refractivity contribution >= 4 is 33.0 Å². The number of ether oxygens (including phenoxy) is 1. The molecule has 28 heavy (non-hydrogen) atoms. The summed E-state index contributed by atoms with van der Waals surface area (Å²) >= 11 is 0. The summed E-state index contributed by atoms with van der Waals surface area (Å²) in [7, 11) is -3.76. The van der Waals surface area contributed by atoms with Crippen molar-refractivity contribution < 1.29 is 22.7 Å². The van der Waals surface area contributed by atoms with Crippen LogP contribution in [0.25, 0.3) is 0 Å². The van der Waals surface area contributed by atoms with Crippen LogP contribution in [-0.2, 0) is 25.8 Å². The summed E-state index contributed by atoms with van der Waals surface area (Å²) in [5.41, 5.74) is 2.09. The molecular formula is C20H22N2O5S. The van der Waals surface area contributed by atoms with E-state index in [1.165, 1.54) is 25.1 Å². The van der Waals surface area contributed by atoms with Crippen molar-refractivity contribution in [2.45, 2.75) is 36.8 Å². The number of hydrogen-bond donors (Lipinski definition) is 2. The zero-order valence-corrected chi connectivity index (χ0v) is 16.5. The van der Waals surface area contributed by atoms with Crippen LogP contribution in [0.3, 0.4) is 0 Å². The first-order valence-corrected chi connectivity index (χ1v) is 10.5. The van der Waals surface area contributed by atoms with Crippen LogP contribution in [0.5, 0.6) is 5.75 Å². The maximum Gasteiger partial charge on any atom is 0.262 e. The normalized spacial score (nSPS) is 14.4. The number of benzene rings is 2. The highest BCUT2D eigenvalue weighted by Gasteiger charge is 2.27. The first-order chi connectivity index (χ1) is 13.3. The predicted octanol–water partition coefficient (Wildman–Crippen LogP) is 2.77. The van der Waals surface area contributed by atoms with E-state index in [1.54, 1.807) is 12.1 Å². The number of carbonyl (C=O) groups is 2. The molecule has 0 radical (unpaired) electrons. The Morgan fingerprint density at radius 2 is 1.93 bits per heavy atom. The fourth-order valence-corrected chi connectivity index (χ4v) is 4.25. The molecule has 1 aliphatic rings. The van der Waals surface area contributed by atoms with Gasteiger partial charge in [-0.25, -0.2) is 8.42 Å². The standard InChI is InChI=1S/C20H22N2O5S/c1-3-14-4-6-15(7-5-14)21-19(23)10-13(2)28(25,26)16-8-9-18-17(11-16)22-20(24)12-27-18/h4-9,11,13H,3,10,12H2,1-2H3,(H,21,23)(H,22,24)/t13-/m0/s1. The van der Waals surface area contributed by atoms with E-state index < -0.39 is 15.1 Å². The van der Waals surface area contributed by atoms with Crippen molar-refractivity contribution in [2.24, 2.45) is 0 Å². The number of sulfone groups is 1. The molecule has 0 aromatic heterocycles. The smallest absolute Gasteiger partial charge is 0.262 e. The average Bonchev–Trinajstić information content (AvgIpc) is 2.67. The zero-order valence-electron chi connectivity index (χ0n) is 15.7. The van der Waals surface area contributed by atoms with Crippen LogP contribution in [0.2, 0.25) is 0 Å². The summed E-state index contributed by atoms with van der Waals surface area (Å²) in [6, 6.07) is 11.7. The minimum Gasteiger partial charge on any atom is -0.482 e. The van der Waals surface area contributed by atoms with Gasteiger partial charge in [-0.3, -0.25) is 9.59 Å². The summed E-state index contributed by atoms with van der Waals surface area (Å²) in [6.07, 6.45) is 0.716. The van der Waals surface area contributed by atoms with Gasteiger partial charge in [0.1, 0.15) is 5.75 Å². The largest absolute Gasteiger partial charge is 0.482 e. The van der Waals surface area contributed by atoms with Crippen LogP contribution in [0.4, 0.5) is 11.4 Å². The fraction of sp³-hybridized carbons (Fsp3) is 0.300. The van der Waals surface area contributed by atoms with Crippen molar-refractivity contribution in [3.8, 4) is 5.75 Å². The van der Waals surface area contributed by atoms with Crippen LogP contribution >= 0.6 is 0 Å². The number of nitrogens with one attached hydrogen (secondary N) is 2. The molecule has 148 valence electrons. The zero-order chi connectivity index (χ0) is 20.3. The number of amides is 2. The van der Waals surface area contributed by atoms with Crippen LogP contribution in [0, 0.1) is 0 Å². The van der Waals surface area contributed by atoms with E-state index in [1.807, 2.05) is 19.1 Å². The number of anilines is 2. The highest BCUT2D eigenvalue weighted by molar-refractivity contribution is 7.92. The van der Waals surface area contributed by atoms with Gasteiger partial charge in [0.15, 0.2) is 16.4 Å². The van der Waals surface area contributed by atoms with Gasteiger partial charge in [0, 0.05) is 12.1 Å². The van der Waals surface area contributed by atoms with Gasteiger partial charge in [-0.1, -0.05) is 19.1 Å². The lowest BCUT2D eigenvalue weighted by molar-refractivity contribution is -0.118. The minimum atomic E-state index is -3.76. The van der Waals surface area contributed by atoms with Gasteiger partial charge < -0.3 is 15.4 Å². The maximum absolute atomic E-state index is 12.8. The molecule has 1 heterocycles. The van der Waals surface area contributed by atoms with E-state index in [2.05, 4.69) is 10.6 Å². The summed E-state index contributed by atoms with van der Waals surface area (Å²) in [6.45, 7) is 3.43. The van der Waals surface area contributed by atoms with Gasteiger partial charge in [-0.2, -0.15) is 0 Å². The molecule has 0 spiro atoms. The molecule has 0 unspecified atom stereocenters. The topological polar surface area (TPSA) is 102 Å². The van der Waals surface area contributed by atoms with Crippen LogP contribution < -0.4 is 15.4 Å². The summed E-state index contributed by atoms with van der Waals surface area (Å²) in [5, 5.41) is 4.38. The van der Waals surface area contributed by atoms with Crippen LogP contribution in [0.15, 0.2) is 47.4 Å². The predicted molar refractivity (Wildman–Crippen MR) is 106 cm³/mol. The quantitative estimate of drug-likeness (QED) is 0.774. The van der Waals surface area contributed by atoms with Crippen molar-refractivity contribution in [2.75, 3.05) is 17.2 Å². The van der Waals surface area contributed by atoms with Crippen molar-refractivity contribution in [1.29, 1.82) is 0 Å². The fourth-order valence-electron chi connectivity index (χ4n) is 2.88. The molecule has 1 atom stereocenters. The Hall–Kier alpha value is -2.87. The van der Waals surface area contributed by atoms with E-state index in [9.17, 15) is 18.0 Å². The van der Waals surface area contributed by atoms with Gasteiger partial charge in [-0.05, 0) is 49.2 Å². The number of hydrogen-bond acceptors (Lipinski definition) is 5. The molecule has 2 aromatic rings. The van der Waals surface area contributed by atoms with E-state index in [0.29, 0.717) is 17.1 Å². The molecule has 2 amide bonds. The monoisotopic (exact) mass is 402 g/mol. The molecule has 2 aromatic carbocycles. The molecule has 0 fully saturated rings. The average molecular weight is 402 g/mol. The Bertz CT molecular complexity index is 1000. The van der Waals surface area contributed by atoms with Gasteiger partial charge >= 0.3 is 0 Å². The third kappa shape index (κ3) is 4.33. The number of rotatable bonds is 6. The first-order valence-electron chi connectivity index (χ1n) is 8.99. The summed E-state index contributed by atoms with van der Waals surface area (Å²) in [5.74, 6) is -0.307. The first kappa shape index (κ1) is 19.9. The van der Waals surface area contributed by atoms with E-state index in [4.69, 9.17) is 4.74 Å². The molecule has 0 saturated heterocycles. The van der Waals surface area contributed by atoms with Crippen molar-refractivity contribution in [3.05, 3.63) is 48.0 Å². The number of carbonyl (C=O) groups excluding carboxylic acids is 2. The van der Waals surface area contributed by atoms with Crippen molar-refractivity contribution in [3.63, 3.8) is 0 Å². The van der Waals surface area contributed by atoms with Gasteiger partial charge in [0.2, 0.25) is 5.91 Å². The molecule has 0 aliphatic carbocycles. The highest BCUT2D eigenvalue weighted by atomic mass is 32.2. The highest BCUT2D eigenvalue weighted by Crippen LogP contribution is 2.31. The number of aryl methyl sites for hydroxylation is 1.